The zero-order valence-corrected chi connectivity index (χ0v) is 12.8. The summed E-state index contributed by atoms with van der Waals surface area (Å²) in [5.41, 5.74) is 1.28. The molecular weight excluding hydrogens is 260 g/mol. The lowest BCUT2D eigenvalue weighted by Crippen LogP contribution is -2.41. The largest absolute Gasteiger partial charge is 0.383 e. The zero-order valence-electron chi connectivity index (χ0n) is 12.0. The lowest BCUT2D eigenvalue weighted by atomic mass is 10.3. The number of nitrogens with zero attached hydrogens (tertiary/aromatic N) is 2. The maximum absolute atomic E-state index is 5.04. The van der Waals surface area contributed by atoms with Gasteiger partial charge in [-0.2, -0.15) is 11.3 Å². The molecule has 108 valence electrons. The molecule has 19 heavy (non-hydrogen) atoms. The second kappa shape index (κ2) is 9.77. The average Bonchev–Trinajstić information content (AvgIpc) is 2.93. The molecule has 0 aliphatic heterocycles. The number of thiophene rings is 1. The summed E-state index contributed by atoms with van der Waals surface area (Å²) in [6.07, 6.45) is 0. The highest BCUT2D eigenvalue weighted by Gasteiger charge is 2.00. The maximum atomic E-state index is 5.04. The molecule has 1 aromatic rings. The Morgan fingerprint density at radius 1 is 1.42 bits per heavy atom. The Bertz CT molecular complexity index is 354. The molecule has 0 aromatic carbocycles. The molecule has 1 rings (SSSR count). The molecule has 0 amide bonds. The molecule has 0 spiro atoms. The van der Waals surface area contributed by atoms with Gasteiger partial charge in [-0.15, -0.1) is 0 Å². The minimum absolute atomic E-state index is 0.766. The van der Waals surface area contributed by atoms with Crippen molar-refractivity contribution >= 4 is 17.3 Å². The van der Waals surface area contributed by atoms with Gasteiger partial charge in [0.25, 0.3) is 0 Å². The first-order valence-corrected chi connectivity index (χ1v) is 7.33. The van der Waals surface area contributed by atoms with E-state index in [-0.39, 0.29) is 0 Å². The summed E-state index contributed by atoms with van der Waals surface area (Å²) in [7, 11) is 5.60. The Morgan fingerprint density at radius 3 is 2.89 bits per heavy atom. The number of aliphatic imine (C=N–C) groups is 1. The van der Waals surface area contributed by atoms with Crippen molar-refractivity contribution in [3.63, 3.8) is 0 Å². The van der Waals surface area contributed by atoms with E-state index in [9.17, 15) is 0 Å². The van der Waals surface area contributed by atoms with Gasteiger partial charge in [-0.05, 0) is 29.4 Å². The van der Waals surface area contributed by atoms with Gasteiger partial charge in [-0.3, -0.25) is 4.99 Å². The van der Waals surface area contributed by atoms with Gasteiger partial charge >= 0.3 is 0 Å². The minimum atomic E-state index is 0.766. The van der Waals surface area contributed by atoms with Crippen molar-refractivity contribution < 1.29 is 4.74 Å². The Labute approximate surface area is 119 Å². The molecule has 0 aliphatic carbocycles. The Hall–Kier alpha value is -1.11. The van der Waals surface area contributed by atoms with Gasteiger partial charge in [0.15, 0.2) is 5.96 Å². The van der Waals surface area contributed by atoms with E-state index in [1.54, 1.807) is 25.5 Å². The highest BCUT2D eigenvalue weighted by atomic mass is 32.1. The minimum Gasteiger partial charge on any atom is -0.383 e. The highest BCUT2D eigenvalue weighted by Crippen LogP contribution is 2.04. The van der Waals surface area contributed by atoms with Crippen LogP contribution in [-0.2, 0) is 11.3 Å². The van der Waals surface area contributed by atoms with Crippen LogP contribution in [0.25, 0.3) is 0 Å². The van der Waals surface area contributed by atoms with Crippen LogP contribution in [0.5, 0.6) is 0 Å². The van der Waals surface area contributed by atoms with Gasteiger partial charge < -0.3 is 20.3 Å². The van der Waals surface area contributed by atoms with Crippen LogP contribution in [0.15, 0.2) is 21.8 Å². The number of ether oxygens (including phenoxy) is 1. The summed E-state index contributed by atoms with van der Waals surface area (Å²) >= 11 is 1.71. The summed E-state index contributed by atoms with van der Waals surface area (Å²) in [6, 6.07) is 2.11. The number of likely N-dealkylation sites (N-methyl/N-ethyl adjacent to an activating group) is 1. The molecule has 0 atom stereocenters. The summed E-state index contributed by atoms with van der Waals surface area (Å²) in [6.45, 7) is 4.34. The molecule has 5 nitrogen and oxygen atoms in total. The topological polar surface area (TPSA) is 48.9 Å². The van der Waals surface area contributed by atoms with E-state index in [0.717, 1.165) is 38.7 Å². The van der Waals surface area contributed by atoms with E-state index in [1.807, 2.05) is 0 Å². The van der Waals surface area contributed by atoms with Crippen molar-refractivity contribution in [2.24, 2.45) is 4.99 Å². The van der Waals surface area contributed by atoms with Crippen LogP contribution in [0.1, 0.15) is 5.56 Å². The van der Waals surface area contributed by atoms with Crippen LogP contribution >= 0.6 is 11.3 Å². The molecule has 1 aromatic heterocycles. The third-order valence-electron chi connectivity index (χ3n) is 2.73. The number of hydrogen-bond acceptors (Lipinski definition) is 4. The van der Waals surface area contributed by atoms with E-state index in [0.29, 0.717) is 0 Å². The number of rotatable bonds is 8. The molecule has 0 unspecified atom stereocenters. The van der Waals surface area contributed by atoms with Crippen molar-refractivity contribution in [1.29, 1.82) is 0 Å². The summed E-state index contributed by atoms with van der Waals surface area (Å²) in [4.78, 5) is 6.43. The first-order valence-electron chi connectivity index (χ1n) is 6.39. The van der Waals surface area contributed by atoms with Crippen LogP contribution in [0, 0.1) is 0 Å². The maximum Gasteiger partial charge on any atom is 0.191 e. The molecule has 1 heterocycles. The number of hydrogen-bond donors (Lipinski definition) is 2. The van der Waals surface area contributed by atoms with Gasteiger partial charge in [-0.25, -0.2) is 0 Å². The normalized spacial score (nSPS) is 11.9. The monoisotopic (exact) mass is 284 g/mol. The van der Waals surface area contributed by atoms with Crippen molar-refractivity contribution in [1.82, 2.24) is 15.5 Å². The van der Waals surface area contributed by atoms with Crippen LogP contribution in [0.2, 0.25) is 0 Å². The van der Waals surface area contributed by atoms with Crippen molar-refractivity contribution in [2.45, 2.75) is 6.54 Å². The SMILES string of the molecule is CN=C(NCCN(C)CCOC)NCc1ccsc1. The second-order valence-electron chi connectivity index (χ2n) is 4.28. The molecule has 0 saturated heterocycles. The van der Waals surface area contributed by atoms with Crippen molar-refractivity contribution in [2.75, 3.05) is 47.4 Å². The van der Waals surface area contributed by atoms with Gasteiger partial charge in [0.05, 0.1) is 6.61 Å². The van der Waals surface area contributed by atoms with E-state index >= 15 is 0 Å². The average molecular weight is 284 g/mol. The number of methoxy groups -OCH3 is 1. The number of guanidine groups is 1. The fraction of sp³-hybridized carbons (Fsp3) is 0.615. The Balaban J connectivity index is 2.15. The van der Waals surface area contributed by atoms with Crippen molar-refractivity contribution in [3.05, 3.63) is 22.4 Å². The molecule has 0 fully saturated rings. The lowest BCUT2D eigenvalue weighted by Gasteiger charge is -2.17. The first-order chi connectivity index (χ1) is 9.26. The smallest absolute Gasteiger partial charge is 0.191 e. The molecule has 0 radical (unpaired) electrons. The fourth-order valence-electron chi connectivity index (χ4n) is 1.52. The van der Waals surface area contributed by atoms with E-state index < -0.39 is 0 Å². The van der Waals surface area contributed by atoms with Crippen LogP contribution < -0.4 is 10.6 Å². The zero-order chi connectivity index (χ0) is 13.9. The Morgan fingerprint density at radius 2 is 2.26 bits per heavy atom. The first kappa shape index (κ1) is 15.9. The molecule has 0 bridgehead atoms. The molecule has 6 heteroatoms. The van der Waals surface area contributed by atoms with Crippen LogP contribution in [0.3, 0.4) is 0 Å². The summed E-state index contributed by atoms with van der Waals surface area (Å²) < 4.78 is 5.04. The second-order valence-corrected chi connectivity index (χ2v) is 5.06. The van der Waals surface area contributed by atoms with Crippen LogP contribution in [-0.4, -0.2) is 58.3 Å². The highest BCUT2D eigenvalue weighted by molar-refractivity contribution is 7.07. The Kier molecular flexibility index (Phi) is 8.20. The van der Waals surface area contributed by atoms with E-state index in [2.05, 4.69) is 44.4 Å². The van der Waals surface area contributed by atoms with Gasteiger partial charge in [0.1, 0.15) is 0 Å². The summed E-state index contributed by atoms with van der Waals surface area (Å²) in [5, 5.41) is 10.8. The fourth-order valence-corrected chi connectivity index (χ4v) is 2.19. The standard InChI is InChI=1S/C13H24N4OS/c1-14-13(16-10-12-4-9-19-11-12)15-5-6-17(2)7-8-18-3/h4,9,11H,5-8,10H2,1-3H3,(H2,14,15,16). The molecule has 0 saturated carbocycles. The van der Waals surface area contributed by atoms with Gasteiger partial charge in [0.2, 0.25) is 0 Å². The van der Waals surface area contributed by atoms with Gasteiger partial charge in [-0.1, -0.05) is 0 Å². The van der Waals surface area contributed by atoms with E-state index in [4.69, 9.17) is 4.74 Å². The summed E-state index contributed by atoms with van der Waals surface area (Å²) in [5.74, 6) is 0.839. The molecular formula is C13H24N4OS. The molecule has 0 aliphatic rings. The quantitative estimate of drug-likeness (QED) is 0.552. The van der Waals surface area contributed by atoms with Crippen molar-refractivity contribution in [3.8, 4) is 0 Å². The van der Waals surface area contributed by atoms with Gasteiger partial charge in [0, 0.05) is 40.3 Å². The third-order valence-corrected chi connectivity index (χ3v) is 3.46. The number of nitrogens with one attached hydrogen (secondary N) is 2. The lowest BCUT2D eigenvalue weighted by molar-refractivity contribution is 0.162. The van der Waals surface area contributed by atoms with Crippen LogP contribution in [0.4, 0.5) is 0 Å². The predicted octanol–water partition coefficient (Wildman–Crippen LogP) is 0.991. The third kappa shape index (κ3) is 7.15. The molecule has 2 N–H and O–H groups in total. The predicted molar refractivity (Wildman–Crippen MR) is 81.9 cm³/mol. The van der Waals surface area contributed by atoms with E-state index in [1.165, 1.54) is 5.56 Å².